The van der Waals surface area contributed by atoms with Crippen LogP contribution in [0.4, 0.5) is 0 Å². The average molecular weight is 274 g/mol. The Labute approximate surface area is 118 Å². The lowest BCUT2D eigenvalue weighted by Crippen LogP contribution is -2.45. The van der Waals surface area contributed by atoms with Gasteiger partial charge in [-0.05, 0) is 26.0 Å². The van der Waals surface area contributed by atoms with Gasteiger partial charge in [0.05, 0.1) is 6.07 Å². The summed E-state index contributed by atoms with van der Waals surface area (Å²) in [6.45, 7) is 5.37. The normalized spacial score (nSPS) is 13.1. The Morgan fingerprint density at radius 2 is 1.85 bits per heavy atom. The van der Waals surface area contributed by atoms with Crippen molar-refractivity contribution >= 4 is 11.9 Å². The number of aryl methyl sites for hydroxylation is 2. The third-order valence-electron chi connectivity index (χ3n) is 3.02. The number of carbonyl (C=O) groups excluding carboxylic acids is 1. The van der Waals surface area contributed by atoms with Gasteiger partial charge in [0.2, 0.25) is 0 Å². The standard InChI is InChI=1S/C15H18N2O3/c1-9-6-10(2)8-12(7-9)14(18)17-13(15(19)20)11(3)4-5-16/h6-8,11,13H,4H2,1-3H3,(H,17,18)(H,19,20)/t11-,13-/m0/s1. The van der Waals surface area contributed by atoms with E-state index < -0.39 is 23.8 Å². The Balaban J connectivity index is 2.91. The monoisotopic (exact) mass is 274 g/mol. The van der Waals surface area contributed by atoms with Crippen LogP contribution < -0.4 is 5.32 Å². The van der Waals surface area contributed by atoms with E-state index in [0.29, 0.717) is 5.56 Å². The van der Waals surface area contributed by atoms with E-state index in [1.54, 1.807) is 19.1 Å². The van der Waals surface area contributed by atoms with E-state index in [4.69, 9.17) is 10.4 Å². The fraction of sp³-hybridized carbons (Fsp3) is 0.400. The van der Waals surface area contributed by atoms with Gasteiger partial charge >= 0.3 is 5.97 Å². The first-order chi connectivity index (χ1) is 9.35. The number of carboxylic acids is 1. The Morgan fingerprint density at radius 3 is 2.30 bits per heavy atom. The van der Waals surface area contributed by atoms with Crippen molar-refractivity contribution < 1.29 is 14.7 Å². The Hall–Kier alpha value is -2.35. The summed E-state index contributed by atoms with van der Waals surface area (Å²) in [5.41, 5.74) is 2.30. The Bertz CT molecular complexity index is 540. The quantitative estimate of drug-likeness (QED) is 0.859. The smallest absolute Gasteiger partial charge is 0.326 e. The van der Waals surface area contributed by atoms with Crippen molar-refractivity contribution in [3.63, 3.8) is 0 Å². The highest BCUT2D eigenvalue weighted by molar-refractivity contribution is 5.97. The molecule has 1 amide bonds. The van der Waals surface area contributed by atoms with Crippen LogP contribution in [0.1, 0.15) is 34.8 Å². The average Bonchev–Trinajstić information content (AvgIpc) is 2.34. The van der Waals surface area contributed by atoms with Gasteiger partial charge in [-0.25, -0.2) is 4.79 Å². The Morgan fingerprint density at radius 1 is 1.30 bits per heavy atom. The Kier molecular flexibility index (Phi) is 5.27. The number of hydrogen-bond donors (Lipinski definition) is 2. The molecular formula is C15H18N2O3. The van der Waals surface area contributed by atoms with E-state index in [1.807, 2.05) is 26.0 Å². The van der Waals surface area contributed by atoms with Crippen LogP contribution in [0.5, 0.6) is 0 Å². The molecule has 0 heterocycles. The van der Waals surface area contributed by atoms with Crippen LogP contribution >= 0.6 is 0 Å². The van der Waals surface area contributed by atoms with Crippen molar-refractivity contribution in [3.05, 3.63) is 34.9 Å². The van der Waals surface area contributed by atoms with Gasteiger partial charge < -0.3 is 10.4 Å². The number of rotatable bonds is 5. The minimum Gasteiger partial charge on any atom is -0.480 e. The molecule has 0 aliphatic carbocycles. The molecule has 0 saturated heterocycles. The molecule has 1 aromatic rings. The summed E-state index contributed by atoms with van der Waals surface area (Å²) in [6, 6.07) is 6.20. The van der Waals surface area contributed by atoms with E-state index in [9.17, 15) is 9.59 Å². The molecule has 0 unspecified atom stereocenters. The molecule has 5 heteroatoms. The molecule has 106 valence electrons. The lowest BCUT2D eigenvalue weighted by atomic mass is 9.98. The molecule has 0 aliphatic rings. The summed E-state index contributed by atoms with van der Waals surface area (Å²) in [7, 11) is 0. The van der Waals surface area contributed by atoms with E-state index in [0.717, 1.165) is 11.1 Å². The zero-order valence-electron chi connectivity index (χ0n) is 11.8. The van der Waals surface area contributed by atoms with Gasteiger partial charge in [-0.2, -0.15) is 5.26 Å². The molecule has 0 bridgehead atoms. The number of nitriles is 1. The van der Waals surface area contributed by atoms with Gasteiger partial charge in [0.25, 0.3) is 5.91 Å². The summed E-state index contributed by atoms with van der Waals surface area (Å²) in [6.07, 6.45) is 0.0735. The summed E-state index contributed by atoms with van der Waals surface area (Å²) < 4.78 is 0. The lowest BCUT2D eigenvalue weighted by molar-refractivity contribution is -0.140. The number of carbonyl (C=O) groups is 2. The first-order valence-electron chi connectivity index (χ1n) is 6.34. The van der Waals surface area contributed by atoms with Crippen molar-refractivity contribution in [2.45, 2.75) is 33.2 Å². The van der Waals surface area contributed by atoms with Crippen LogP contribution in [0.15, 0.2) is 18.2 Å². The molecule has 1 aromatic carbocycles. The molecule has 1 rings (SSSR count). The van der Waals surface area contributed by atoms with E-state index >= 15 is 0 Å². The molecule has 0 spiro atoms. The summed E-state index contributed by atoms with van der Waals surface area (Å²) in [4.78, 5) is 23.3. The summed E-state index contributed by atoms with van der Waals surface area (Å²) in [5.74, 6) is -2.02. The van der Waals surface area contributed by atoms with Gasteiger partial charge in [0.15, 0.2) is 0 Å². The highest BCUT2D eigenvalue weighted by Crippen LogP contribution is 2.12. The van der Waals surface area contributed by atoms with Gasteiger partial charge in [-0.1, -0.05) is 24.1 Å². The summed E-state index contributed by atoms with van der Waals surface area (Å²) in [5, 5.41) is 20.3. The van der Waals surface area contributed by atoms with Crippen molar-refractivity contribution in [1.29, 1.82) is 5.26 Å². The van der Waals surface area contributed by atoms with Gasteiger partial charge in [-0.3, -0.25) is 4.79 Å². The second kappa shape index (κ2) is 6.71. The van der Waals surface area contributed by atoms with Crippen LogP contribution in [0.2, 0.25) is 0 Å². The van der Waals surface area contributed by atoms with Gasteiger partial charge in [0.1, 0.15) is 6.04 Å². The van der Waals surface area contributed by atoms with E-state index in [1.165, 1.54) is 0 Å². The minimum atomic E-state index is -1.13. The van der Waals surface area contributed by atoms with Crippen LogP contribution in [0.3, 0.4) is 0 Å². The second-order valence-corrected chi connectivity index (χ2v) is 5.01. The third-order valence-corrected chi connectivity index (χ3v) is 3.02. The van der Waals surface area contributed by atoms with Crippen molar-refractivity contribution in [3.8, 4) is 6.07 Å². The highest BCUT2D eigenvalue weighted by Gasteiger charge is 2.26. The third kappa shape index (κ3) is 4.09. The van der Waals surface area contributed by atoms with Crippen LogP contribution in [0.25, 0.3) is 0 Å². The van der Waals surface area contributed by atoms with Gasteiger partial charge in [-0.15, -0.1) is 0 Å². The van der Waals surface area contributed by atoms with Crippen LogP contribution in [-0.4, -0.2) is 23.0 Å². The van der Waals surface area contributed by atoms with Crippen molar-refractivity contribution in [1.82, 2.24) is 5.32 Å². The zero-order valence-corrected chi connectivity index (χ0v) is 11.8. The van der Waals surface area contributed by atoms with E-state index in [2.05, 4.69) is 5.32 Å². The number of carboxylic acid groups (broad SMARTS) is 1. The fourth-order valence-electron chi connectivity index (χ4n) is 2.04. The fourth-order valence-corrected chi connectivity index (χ4v) is 2.04. The number of aliphatic carboxylic acids is 1. The summed E-state index contributed by atoms with van der Waals surface area (Å²) >= 11 is 0. The maximum atomic E-state index is 12.1. The van der Waals surface area contributed by atoms with Crippen LogP contribution in [0, 0.1) is 31.1 Å². The molecule has 5 nitrogen and oxygen atoms in total. The number of nitrogens with one attached hydrogen (secondary N) is 1. The molecule has 0 radical (unpaired) electrons. The topological polar surface area (TPSA) is 90.2 Å². The number of hydrogen-bond acceptors (Lipinski definition) is 3. The molecule has 0 fully saturated rings. The molecular weight excluding hydrogens is 256 g/mol. The zero-order chi connectivity index (χ0) is 15.3. The molecule has 0 saturated carbocycles. The second-order valence-electron chi connectivity index (χ2n) is 5.01. The molecule has 2 N–H and O–H groups in total. The first-order valence-corrected chi connectivity index (χ1v) is 6.34. The molecule has 2 atom stereocenters. The van der Waals surface area contributed by atoms with Crippen molar-refractivity contribution in [2.75, 3.05) is 0 Å². The predicted octanol–water partition coefficient (Wildman–Crippen LogP) is 2.04. The maximum Gasteiger partial charge on any atom is 0.326 e. The molecule has 20 heavy (non-hydrogen) atoms. The minimum absolute atomic E-state index is 0.0735. The van der Waals surface area contributed by atoms with Crippen molar-refractivity contribution in [2.24, 2.45) is 5.92 Å². The van der Waals surface area contributed by atoms with Crippen LogP contribution in [-0.2, 0) is 4.79 Å². The largest absolute Gasteiger partial charge is 0.480 e. The number of benzene rings is 1. The SMILES string of the molecule is Cc1cc(C)cc(C(=O)N[C@H](C(=O)O)[C@@H](C)CC#N)c1. The number of amides is 1. The highest BCUT2D eigenvalue weighted by atomic mass is 16.4. The lowest BCUT2D eigenvalue weighted by Gasteiger charge is -2.19. The number of nitrogens with zero attached hydrogens (tertiary/aromatic N) is 1. The predicted molar refractivity (Wildman–Crippen MR) is 74.2 cm³/mol. The van der Waals surface area contributed by atoms with Gasteiger partial charge in [0, 0.05) is 17.9 Å². The van der Waals surface area contributed by atoms with E-state index in [-0.39, 0.29) is 6.42 Å². The first kappa shape index (κ1) is 15.7. The molecule has 0 aliphatic heterocycles. The maximum absolute atomic E-state index is 12.1. The molecule has 0 aromatic heterocycles.